The number of thiazole rings is 1. The highest BCUT2D eigenvalue weighted by Crippen LogP contribution is 2.32. The largest absolute Gasteiger partial charge is 0.464 e. The van der Waals surface area contributed by atoms with Gasteiger partial charge in [0, 0.05) is 19.2 Å². The second-order valence-electron chi connectivity index (χ2n) is 4.30. The zero-order valence-electron chi connectivity index (χ0n) is 12.1. The Morgan fingerprint density at radius 3 is 2.48 bits per heavy atom. The number of aromatic nitrogens is 1. The van der Waals surface area contributed by atoms with E-state index < -0.39 is 5.97 Å². The zero-order valence-corrected chi connectivity index (χ0v) is 12.9. The van der Waals surface area contributed by atoms with Gasteiger partial charge in [-0.25, -0.2) is 9.78 Å². The molecule has 0 saturated carbocycles. The highest BCUT2D eigenvalue weighted by atomic mass is 32.1. The van der Waals surface area contributed by atoms with Crippen LogP contribution in [0.25, 0.3) is 0 Å². The summed E-state index contributed by atoms with van der Waals surface area (Å²) >= 11 is 1.20. The van der Waals surface area contributed by atoms with Gasteiger partial charge in [-0.3, -0.25) is 4.79 Å². The quantitative estimate of drug-likeness (QED) is 0.626. The van der Waals surface area contributed by atoms with Crippen LogP contribution in [0.1, 0.15) is 34.0 Å². The number of ketones is 1. The van der Waals surface area contributed by atoms with Crippen LogP contribution >= 0.6 is 11.3 Å². The smallest absolute Gasteiger partial charge is 0.358 e. The molecular weight excluding hydrogens is 288 g/mol. The first-order valence-electron chi connectivity index (χ1n) is 6.51. The number of anilines is 2. The average molecular weight is 304 g/mol. The van der Waals surface area contributed by atoms with Crippen molar-refractivity contribution in [3.05, 3.63) is 40.9 Å². The van der Waals surface area contributed by atoms with Gasteiger partial charge in [0.25, 0.3) is 0 Å². The Hall–Kier alpha value is -2.21. The summed E-state index contributed by atoms with van der Waals surface area (Å²) in [6, 6.07) is 9.70. The molecule has 6 heteroatoms. The predicted octanol–water partition coefficient (Wildman–Crippen LogP) is 3.29. The number of para-hydroxylation sites is 1. The van der Waals surface area contributed by atoms with Gasteiger partial charge < -0.3 is 9.64 Å². The second-order valence-corrected chi connectivity index (χ2v) is 5.28. The van der Waals surface area contributed by atoms with E-state index in [9.17, 15) is 9.59 Å². The van der Waals surface area contributed by atoms with Crippen LogP contribution in [-0.2, 0) is 4.74 Å². The predicted molar refractivity (Wildman–Crippen MR) is 82.6 cm³/mol. The van der Waals surface area contributed by atoms with Gasteiger partial charge in [0.15, 0.2) is 16.6 Å². The molecule has 0 amide bonds. The van der Waals surface area contributed by atoms with Gasteiger partial charge in [-0.2, -0.15) is 0 Å². The minimum atomic E-state index is -0.591. The van der Waals surface area contributed by atoms with Gasteiger partial charge in [-0.1, -0.05) is 29.5 Å². The van der Waals surface area contributed by atoms with E-state index in [1.807, 2.05) is 42.2 Å². The monoisotopic (exact) mass is 304 g/mol. The molecular formula is C15H16N2O3S. The lowest BCUT2D eigenvalue weighted by atomic mass is 10.3. The maximum absolute atomic E-state index is 11.8. The van der Waals surface area contributed by atoms with Crippen LogP contribution in [0.15, 0.2) is 30.3 Å². The van der Waals surface area contributed by atoms with E-state index in [4.69, 9.17) is 4.74 Å². The molecule has 21 heavy (non-hydrogen) atoms. The lowest BCUT2D eigenvalue weighted by Crippen LogP contribution is -2.16. The van der Waals surface area contributed by atoms with Crippen LogP contribution in [0.5, 0.6) is 0 Å². The van der Waals surface area contributed by atoms with Crippen LogP contribution in [0.3, 0.4) is 0 Å². The molecule has 0 aliphatic rings. The molecule has 0 saturated heterocycles. The van der Waals surface area contributed by atoms with E-state index in [1.54, 1.807) is 0 Å². The van der Waals surface area contributed by atoms with Gasteiger partial charge in [-0.05, 0) is 19.1 Å². The molecule has 0 atom stereocenters. The summed E-state index contributed by atoms with van der Waals surface area (Å²) in [7, 11) is 1.28. The van der Waals surface area contributed by atoms with Crippen LogP contribution < -0.4 is 4.90 Å². The molecule has 0 unspecified atom stereocenters. The van der Waals surface area contributed by atoms with Crippen LogP contribution in [0, 0.1) is 0 Å². The minimum Gasteiger partial charge on any atom is -0.464 e. The van der Waals surface area contributed by atoms with Crippen LogP contribution in [-0.4, -0.2) is 30.4 Å². The maximum Gasteiger partial charge on any atom is 0.358 e. The molecule has 0 aliphatic heterocycles. The van der Waals surface area contributed by atoms with Gasteiger partial charge in [0.1, 0.15) is 4.88 Å². The number of rotatable bonds is 5. The van der Waals surface area contributed by atoms with Crippen molar-refractivity contribution in [2.75, 3.05) is 18.6 Å². The number of hydrogen-bond donors (Lipinski definition) is 0. The number of carbonyl (C=O) groups excluding carboxylic acids is 2. The van der Waals surface area contributed by atoms with Crippen molar-refractivity contribution in [3.8, 4) is 0 Å². The second kappa shape index (κ2) is 6.49. The summed E-state index contributed by atoms with van der Waals surface area (Å²) in [6.07, 6.45) is 0. The van der Waals surface area contributed by atoms with Gasteiger partial charge in [-0.15, -0.1) is 0 Å². The molecule has 0 radical (unpaired) electrons. The van der Waals surface area contributed by atoms with Gasteiger partial charge >= 0.3 is 5.97 Å². The van der Waals surface area contributed by atoms with Crippen LogP contribution in [0.4, 0.5) is 10.8 Å². The number of hydrogen-bond acceptors (Lipinski definition) is 6. The number of benzene rings is 1. The van der Waals surface area contributed by atoms with Crippen LogP contribution in [0.2, 0.25) is 0 Å². The standard InChI is InChI=1S/C15H16N2O3S/c1-4-17(11-8-6-5-7-9-11)15-16-12(14(19)20-3)13(21-15)10(2)18/h5-9H,4H2,1-3H3. The first kappa shape index (κ1) is 15.2. The highest BCUT2D eigenvalue weighted by molar-refractivity contribution is 7.17. The summed E-state index contributed by atoms with van der Waals surface area (Å²) in [4.78, 5) is 30.0. The topological polar surface area (TPSA) is 59.5 Å². The first-order chi connectivity index (χ1) is 10.1. The zero-order chi connectivity index (χ0) is 15.4. The van der Waals surface area contributed by atoms with Crippen molar-refractivity contribution in [1.29, 1.82) is 0 Å². The number of ether oxygens (including phenoxy) is 1. The number of esters is 1. The fraction of sp³-hybridized carbons (Fsp3) is 0.267. The number of carbonyl (C=O) groups is 2. The maximum atomic E-state index is 11.8. The Kier molecular flexibility index (Phi) is 4.70. The van der Waals surface area contributed by atoms with Gasteiger partial charge in [0.05, 0.1) is 7.11 Å². The number of nitrogens with zero attached hydrogens (tertiary/aromatic N) is 2. The Morgan fingerprint density at radius 1 is 1.29 bits per heavy atom. The summed E-state index contributed by atoms with van der Waals surface area (Å²) in [5, 5.41) is 0.606. The van der Waals surface area contributed by atoms with E-state index in [1.165, 1.54) is 25.4 Å². The molecule has 1 aromatic heterocycles. The molecule has 0 aliphatic carbocycles. The first-order valence-corrected chi connectivity index (χ1v) is 7.32. The molecule has 0 bridgehead atoms. The Balaban J connectivity index is 2.48. The molecule has 0 N–H and O–H groups in total. The lowest BCUT2D eigenvalue weighted by molar-refractivity contribution is 0.0591. The molecule has 110 valence electrons. The summed E-state index contributed by atoms with van der Waals surface area (Å²) in [5.74, 6) is -0.782. The SMILES string of the molecule is CCN(c1ccccc1)c1nc(C(=O)OC)c(C(C)=O)s1. The molecule has 2 aromatic rings. The van der Waals surface area contributed by atoms with E-state index in [0.717, 1.165) is 5.69 Å². The Labute approximate surface area is 127 Å². The van der Waals surface area contributed by atoms with Crippen molar-refractivity contribution in [1.82, 2.24) is 4.98 Å². The Morgan fingerprint density at radius 2 is 1.95 bits per heavy atom. The summed E-state index contributed by atoms with van der Waals surface area (Å²) in [5.41, 5.74) is 1.04. The molecule has 1 heterocycles. The number of methoxy groups -OCH3 is 1. The number of Topliss-reactive ketones (excluding diaryl/α,β-unsaturated/α-hetero) is 1. The molecule has 0 spiro atoms. The van der Waals surface area contributed by atoms with Crippen molar-refractivity contribution < 1.29 is 14.3 Å². The van der Waals surface area contributed by atoms with Crippen molar-refractivity contribution in [3.63, 3.8) is 0 Å². The van der Waals surface area contributed by atoms with Crippen molar-refractivity contribution >= 4 is 33.9 Å². The van der Waals surface area contributed by atoms with E-state index >= 15 is 0 Å². The fourth-order valence-corrected chi connectivity index (χ4v) is 2.97. The summed E-state index contributed by atoms with van der Waals surface area (Å²) in [6.45, 7) is 4.08. The molecule has 5 nitrogen and oxygen atoms in total. The minimum absolute atomic E-state index is 0.0828. The molecule has 2 rings (SSSR count). The normalized spacial score (nSPS) is 10.2. The fourth-order valence-electron chi connectivity index (χ4n) is 1.93. The Bertz CT molecular complexity index is 652. The third-order valence-electron chi connectivity index (χ3n) is 2.93. The molecule has 0 fully saturated rings. The van der Waals surface area contributed by atoms with Gasteiger partial charge in [0.2, 0.25) is 0 Å². The lowest BCUT2D eigenvalue weighted by Gasteiger charge is -2.19. The third-order valence-corrected chi connectivity index (χ3v) is 4.11. The summed E-state index contributed by atoms with van der Waals surface area (Å²) < 4.78 is 4.69. The molecule has 1 aromatic carbocycles. The third kappa shape index (κ3) is 3.11. The average Bonchev–Trinajstić information content (AvgIpc) is 2.93. The van der Waals surface area contributed by atoms with E-state index in [-0.39, 0.29) is 11.5 Å². The highest BCUT2D eigenvalue weighted by Gasteiger charge is 2.24. The van der Waals surface area contributed by atoms with E-state index in [2.05, 4.69) is 4.98 Å². The van der Waals surface area contributed by atoms with E-state index in [0.29, 0.717) is 16.6 Å². The van der Waals surface area contributed by atoms with Crippen molar-refractivity contribution in [2.45, 2.75) is 13.8 Å². The van der Waals surface area contributed by atoms with Crippen molar-refractivity contribution in [2.24, 2.45) is 0 Å².